The number of carboxylic acid groups (broad SMARTS) is 1. The van der Waals surface area contributed by atoms with E-state index < -0.39 is 5.97 Å². The summed E-state index contributed by atoms with van der Waals surface area (Å²) in [5.74, 6) is 0.243. The average molecular weight is 493 g/mol. The van der Waals surface area contributed by atoms with Crippen LogP contribution >= 0.6 is 11.6 Å². The van der Waals surface area contributed by atoms with Gasteiger partial charge in [0.15, 0.2) is 0 Å². The number of ether oxygens (including phenoxy) is 1. The van der Waals surface area contributed by atoms with E-state index in [1.807, 2.05) is 26.0 Å². The molecular formula is C26H25ClN4O4. The van der Waals surface area contributed by atoms with Crippen LogP contribution in [0.4, 0.5) is 11.6 Å². The molecule has 1 aliphatic rings. The Morgan fingerprint density at radius 3 is 2.57 bits per heavy atom. The Hall–Kier alpha value is -3.91. The number of carbonyl (C=O) groups is 1. The minimum atomic E-state index is -1.08. The van der Waals surface area contributed by atoms with Crippen LogP contribution in [0.2, 0.25) is 0 Å². The lowest BCUT2D eigenvalue weighted by Gasteiger charge is -2.18. The Bertz CT molecular complexity index is 1360. The Kier molecular flexibility index (Phi) is 7.31. The Morgan fingerprint density at radius 1 is 1.14 bits per heavy atom. The zero-order valence-corrected chi connectivity index (χ0v) is 20.1. The number of hydrogen-bond acceptors (Lipinski definition) is 6. The van der Waals surface area contributed by atoms with Gasteiger partial charge in [-0.25, -0.2) is 9.78 Å². The molecule has 2 aromatic heterocycles. The zero-order chi connectivity index (χ0) is 24.9. The van der Waals surface area contributed by atoms with Crippen LogP contribution in [0.25, 0.3) is 0 Å². The molecule has 0 saturated carbocycles. The molecule has 3 aromatic rings. The van der Waals surface area contributed by atoms with Crippen LogP contribution in [0.15, 0.2) is 76.5 Å². The molecule has 0 saturated heterocycles. The normalized spacial score (nSPS) is 13.3. The van der Waals surface area contributed by atoms with Gasteiger partial charge in [-0.15, -0.1) is 0 Å². The predicted octanol–water partition coefficient (Wildman–Crippen LogP) is 5.84. The van der Waals surface area contributed by atoms with Gasteiger partial charge >= 0.3 is 5.97 Å². The Balaban J connectivity index is 1.56. The molecule has 0 aliphatic heterocycles. The highest BCUT2D eigenvalue weighted by atomic mass is 35.5. The molecule has 9 heteroatoms. The quantitative estimate of drug-likeness (QED) is 0.407. The third kappa shape index (κ3) is 5.96. The molecule has 0 fully saturated rings. The number of aromatic carboxylic acids is 1. The average Bonchev–Trinajstić information content (AvgIpc) is 2.84. The van der Waals surface area contributed by atoms with Crippen molar-refractivity contribution in [2.75, 3.05) is 5.32 Å². The van der Waals surface area contributed by atoms with Crippen LogP contribution in [0.5, 0.6) is 11.5 Å². The summed E-state index contributed by atoms with van der Waals surface area (Å²) in [5.41, 5.74) is 2.43. The third-order valence-corrected chi connectivity index (χ3v) is 5.86. The van der Waals surface area contributed by atoms with Crippen molar-refractivity contribution in [2.45, 2.75) is 39.2 Å². The predicted molar refractivity (Wildman–Crippen MR) is 135 cm³/mol. The summed E-state index contributed by atoms with van der Waals surface area (Å²) in [6, 6.07) is 8.45. The zero-order valence-electron chi connectivity index (χ0n) is 19.4. The van der Waals surface area contributed by atoms with Gasteiger partial charge in [0.25, 0.3) is 5.56 Å². The number of pyridine rings is 1. The lowest BCUT2D eigenvalue weighted by atomic mass is 10.0. The molecule has 4 rings (SSSR count). The minimum Gasteiger partial charge on any atom is -0.478 e. The molecule has 0 spiro atoms. The van der Waals surface area contributed by atoms with Crippen LogP contribution in [0.1, 0.15) is 48.5 Å². The number of nitrogens with one attached hydrogen (secondary N) is 1. The van der Waals surface area contributed by atoms with Crippen molar-refractivity contribution in [1.29, 1.82) is 0 Å². The highest BCUT2D eigenvalue weighted by Gasteiger charge is 2.16. The largest absolute Gasteiger partial charge is 0.478 e. The van der Waals surface area contributed by atoms with Gasteiger partial charge in [-0.05, 0) is 60.7 Å². The van der Waals surface area contributed by atoms with Gasteiger partial charge in [-0.2, -0.15) is 0 Å². The summed E-state index contributed by atoms with van der Waals surface area (Å²) in [6.45, 7) is 4.36. The fraction of sp³-hybridized carbons (Fsp3) is 0.231. The SMILES string of the molecule is CC(C)c1cnc(Nc2ccc(Oc3cncc(C(=O)O)c3)cc2)n(CC2=CC=C(Cl)CC2)c1=O. The molecule has 180 valence electrons. The second kappa shape index (κ2) is 10.6. The molecule has 0 radical (unpaired) electrons. The first-order valence-corrected chi connectivity index (χ1v) is 11.5. The number of rotatable bonds is 8. The molecule has 0 unspecified atom stereocenters. The van der Waals surface area contributed by atoms with Crippen LogP contribution in [-0.4, -0.2) is 25.6 Å². The summed E-state index contributed by atoms with van der Waals surface area (Å²) in [7, 11) is 0. The number of halogens is 1. The van der Waals surface area contributed by atoms with Crippen LogP contribution in [0, 0.1) is 0 Å². The van der Waals surface area contributed by atoms with E-state index in [0.717, 1.165) is 23.4 Å². The van der Waals surface area contributed by atoms with Crippen LogP contribution in [0.3, 0.4) is 0 Å². The van der Waals surface area contributed by atoms with E-state index in [0.29, 0.717) is 35.2 Å². The smallest absolute Gasteiger partial charge is 0.337 e. The van der Waals surface area contributed by atoms with E-state index >= 15 is 0 Å². The number of benzene rings is 1. The summed E-state index contributed by atoms with van der Waals surface area (Å²) < 4.78 is 7.37. The van der Waals surface area contributed by atoms with E-state index in [9.17, 15) is 9.59 Å². The summed E-state index contributed by atoms with van der Waals surface area (Å²) >= 11 is 6.09. The van der Waals surface area contributed by atoms with Crippen molar-refractivity contribution < 1.29 is 14.6 Å². The summed E-state index contributed by atoms with van der Waals surface area (Å²) in [4.78, 5) is 32.8. The van der Waals surface area contributed by atoms with E-state index in [2.05, 4.69) is 15.3 Å². The van der Waals surface area contributed by atoms with Gasteiger partial charge in [0, 0.05) is 28.7 Å². The topological polar surface area (TPSA) is 106 Å². The van der Waals surface area contributed by atoms with Gasteiger partial charge in [0.1, 0.15) is 11.5 Å². The van der Waals surface area contributed by atoms with Crippen molar-refractivity contribution in [3.63, 3.8) is 0 Å². The molecule has 35 heavy (non-hydrogen) atoms. The van der Waals surface area contributed by atoms with Gasteiger partial charge in [-0.3, -0.25) is 14.3 Å². The van der Waals surface area contributed by atoms with Crippen molar-refractivity contribution >= 4 is 29.2 Å². The lowest BCUT2D eigenvalue weighted by Crippen LogP contribution is -2.28. The first-order valence-electron chi connectivity index (χ1n) is 11.2. The number of aromatic nitrogens is 3. The summed E-state index contributed by atoms with van der Waals surface area (Å²) in [5, 5.41) is 13.1. The maximum atomic E-state index is 13.2. The molecule has 1 aromatic carbocycles. The monoisotopic (exact) mass is 492 g/mol. The number of anilines is 2. The van der Waals surface area contributed by atoms with Gasteiger partial charge < -0.3 is 15.2 Å². The molecule has 1 aliphatic carbocycles. The molecule has 0 amide bonds. The second-order valence-electron chi connectivity index (χ2n) is 8.49. The van der Waals surface area contributed by atoms with E-state index in [-0.39, 0.29) is 17.0 Å². The highest BCUT2D eigenvalue weighted by Crippen LogP contribution is 2.26. The Morgan fingerprint density at radius 2 is 1.91 bits per heavy atom. The van der Waals surface area contributed by atoms with Crippen molar-refractivity contribution in [1.82, 2.24) is 14.5 Å². The van der Waals surface area contributed by atoms with Crippen molar-refractivity contribution in [3.8, 4) is 11.5 Å². The van der Waals surface area contributed by atoms with E-state index in [1.54, 1.807) is 35.0 Å². The number of nitrogens with zero attached hydrogens (tertiary/aromatic N) is 3. The number of carboxylic acids is 1. The van der Waals surface area contributed by atoms with Crippen LogP contribution < -0.4 is 15.6 Å². The third-order valence-electron chi connectivity index (χ3n) is 5.55. The first-order chi connectivity index (χ1) is 16.8. The number of hydrogen-bond donors (Lipinski definition) is 2. The first kappa shape index (κ1) is 24.2. The molecule has 2 N–H and O–H groups in total. The molecule has 0 atom stereocenters. The lowest BCUT2D eigenvalue weighted by molar-refractivity contribution is 0.0696. The van der Waals surface area contributed by atoms with E-state index in [1.165, 1.54) is 18.5 Å². The van der Waals surface area contributed by atoms with Gasteiger partial charge in [-0.1, -0.05) is 31.5 Å². The molecular weight excluding hydrogens is 468 g/mol. The standard InChI is InChI=1S/C26H25ClN4O4/c1-16(2)23-14-29-26(31(24(23)32)15-17-3-5-19(27)6-4-17)30-20-7-9-21(10-8-20)35-22-11-18(25(33)34)12-28-13-22/h3,5,7-14,16H,4,6,15H2,1-2H3,(H,29,30)(H,33,34). The molecule has 0 bridgehead atoms. The highest BCUT2D eigenvalue weighted by molar-refractivity contribution is 6.29. The Labute approximate surface area is 207 Å². The fourth-order valence-corrected chi connectivity index (χ4v) is 3.76. The van der Waals surface area contributed by atoms with Crippen molar-refractivity contribution in [3.05, 3.63) is 93.2 Å². The summed E-state index contributed by atoms with van der Waals surface area (Å²) in [6.07, 6.45) is 9.71. The van der Waals surface area contributed by atoms with Crippen LogP contribution in [-0.2, 0) is 6.54 Å². The fourth-order valence-electron chi connectivity index (χ4n) is 3.60. The van der Waals surface area contributed by atoms with Gasteiger partial charge in [0.05, 0.1) is 18.3 Å². The molecule has 2 heterocycles. The maximum Gasteiger partial charge on any atom is 0.337 e. The van der Waals surface area contributed by atoms with Gasteiger partial charge in [0.2, 0.25) is 5.95 Å². The molecule has 8 nitrogen and oxygen atoms in total. The minimum absolute atomic E-state index is 0.0421. The van der Waals surface area contributed by atoms with Crippen molar-refractivity contribution in [2.24, 2.45) is 0 Å². The second-order valence-corrected chi connectivity index (χ2v) is 8.97. The number of allylic oxidation sites excluding steroid dienone is 4. The van der Waals surface area contributed by atoms with E-state index in [4.69, 9.17) is 21.4 Å². The maximum absolute atomic E-state index is 13.2.